The van der Waals surface area contributed by atoms with Gasteiger partial charge in [0.05, 0.1) is 0 Å². The Labute approximate surface area is 128 Å². The Balaban J connectivity index is 1.53. The smallest absolute Gasteiger partial charge is 0.0473 e. The largest absolute Gasteiger partial charge is 0.308 e. The van der Waals surface area contributed by atoms with Crippen LogP contribution in [0.3, 0.4) is 0 Å². The molecule has 1 aromatic carbocycles. The van der Waals surface area contributed by atoms with Gasteiger partial charge in [-0.25, -0.2) is 0 Å². The number of piperazine rings is 1. The van der Waals surface area contributed by atoms with Crippen molar-refractivity contribution in [2.45, 2.75) is 56.5 Å². The van der Waals surface area contributed by atoms with E-state index < -0.39 is 0 Å². The molecule has 1 spiro atoms. The van der Waals surface area contributed by atoms with Gasteiger partial charge in [-0.1, -0.05) is 49.6 Å². The van der Waals surface area contributed by atoms with Gasteiger partial charge in [-0.15, -0.1) is 0 Å². The fourth-order valence-corrected chi connectivity index (χ4v) is 4.39. The lowest BCUT2D eigenvalue weighted by Crippen LogP contribution is -2.62. The summed E-state index contributed by atoms with van der Waals surface area (Å²) in [5.74, 6) is 0.981. The maximum atomic E-state index is 3.97. The zero-order valence-corrected chi connectivity index (χ0v) is 13.1. The normalized spacial score (nSPS) is 29.6. The molecule has 114 valence electrons. The summed E-state index contributed by atoms with van der Waals surface area (Å²) in [5.41, 5.74) is 1.93. The summed E-state index contributed by atoms with van der Waals surface area (Å²) in [6, 6.07) is 11.7. The van der Waals surface area contributed by atoms with Crippen molar-refractivity contribution in [3.05, 3.63) is 35.9 Å². The van der Waals surface area contributed by atoms with Gasteiger partial charge in [0.1, 0.15) is 0 Å². The molecule has 0 aromatic heterocycles. The summed E-state index contributed by atoms with van der Waals surface area (Å²) in [7, 11) is 0. The monoisotopic (exact) mass is 284 g/mol. The standard InChI is InChI=1S/C19H28N2/c1-3-7-17(8-4-1)18-13-20-19(11-5-2-6-12-19)15-21(18)14-16-9-10-16/h1,3-4,7-8,16,18,20H,2,5-6,9-15H2. The molecule has 1 aromatic rings. The highest BCUT2D eigenvalue weighted by molar-refractivity contribution is 5.21. The van der Waals surface area contributed by atoms with Crippen molar-refractivity contribution in [1.82, 2.24) is 10.2 Å². The molecule has 0 amide bonds. The Bertz CT molecular complexity index is 460. The summed E-state index contributed by atoms with van der Waals surface area (Å²) in [6.45, 7) is 3.72. The molecule has 1 unspecified atom stereocenters. The van der Waals surface area contributed by atoms with E-state index >= 15 is 0 Å². The van der Waals surface area contributed by atoms with Crippen LogP contribution in [0.15, 0.2) is 30.3 Å². The third-order valence-corrected chi connectivity index (χ3v) is 5.80. The molecule has 1 atom stereocenters. The highest BCUT2D eigenvalue weighted by Gasteiger charge is 2.41. The van der Waals surface area contributed by atoms with Crippen LogP contribution < -0.4 is 5.32 Å². The molecule has 1 saturated heterocycles. The SMILES string of the molecule is c1ccc(C2CNC3(CCCCC3)CN2CC2CC2)cc1. The molecule has 3 fully saturated rings. The zero-order chi connectivity index (χ0) is 14.1. The minimum absolute atomic E-state index is 0.429. The molecule has 2 nitrogen and oxygen atoms in total. The van der Waals surface area contributed by atoms with Crippen molar-refractivity contribution in [3.63, 3.8) is 0 Å². The van der Waals surface area contributed by atoms with Crippen molar-refractivity contribution in [1.29, 1.82) is 0 Å². The van der Waals surface area contributed by atoms with Gasteiger partial charge in [0, 0.05) is 31.2 Å². The fourth-order valence-electron chi connectivity index (χ4n) is 4.39. The van der Waals surface area contributed by atoms with E-state index in [9.17, 15) is 0 Å². The highest BCUT2D eigenvalue weighted by atomic mass is 15.3. The summed E-state index contributed by atoms with van der Waals surface area (Å²) >= 11 is 0. The number of nitrogens with one attached hydrogen (secondary N) is 1. The van der Waals surface area contributed by atoms with Crippen LogP contribution in [0.25, 0.3) is 0 Å². The molecule has 21 heavy (non-hydrogen) atoms. The van der Waals surface area contributed by atoms with Gasteiger partial charge < -0.3 is 5.32 Å². The molecule has 1 heterocycles. The van der Waals surface area contributed by atoms with E-state index in [1.165, 1.54) is 63.6 Å². The Morgan fingerprint density at radius 2 is 1.81 bits per heavy atom. The average molecular weight is 284 g/mol. The minimum atomic E-state index is 0.429. The lowest BCUT2D eigenvalue weighted by Gasteiger charge is -2.50. The molecule has 3 aliphatic rings. The molecule has 4 rings (SSSR count). The predicted molar refractivity (Wildman–Crippen MR) is 87.3 cm³/mol. The van der Waals surface area contributed by atoms with E-state index in [2.05, 4.69) is 40.5 Å². The minimum Gasteiger partial charge on any atom is -0.308 e. The van der Waals surface area contributed by atoms with E-state index in [0.717, 1.165) is 12.5 Å². The number of hydrogen-bond donors (Lipinski definition) is 1. The van der Waals surface area contributed by atoms with E-state index in [4.69, 9.17) is 0 Å². The first kappa shape index (κ1) is 13.8. The summed E-state index contributed by atoms with van der Waals surface area (Å²) in [6.07, 6.45) is 9.96. The van der Waals surface area contributed by atoms with Crippen LogP contribution in [0, 0.1) is 5.92 Å². The molecule has 1 N–H and O–H groups in total. The van der Waals surface area contributed by atoms with Crippen molar-refractivity contribution >= 4 is 0 Å². The highest BCUT2D eigenvalue weighted by Crippen LogP contribution is 2.38. The number of benzene rings is 1. The Hall–Kier alpha value is -0.860. The zero-order valence-electron chi connectivity index (χ0n) is 13.1. The summed E-state index contributed by atoms with van der Waals surface area (Å²) in [4.78, 5) is 2.81. The van der Waals surface area contributed by atoms with Crippen LogP contribution in [0.5, 0.6) is 0 Å². The van der Waals surface area contributed by atoms with E-state index in [0.29, 0.717) is 11.6 Å². The van der Waals surface area contributed by atoms with E-state index in [1.807, 2.05) is 0 Å². The maximum Gasteiger partial charge on any atom is 0.0473 e. The second kappa shape index (κ2) is 5.73. The molecule has 1 aliphatic heterocycles. The first-order chi connectivity index (χ1) is 10.3. The second-order valence-corrected chi connectivity index (χ2v) is 7.52. The molecule has 2 heteroatoms. The van der Waals surface area contributed by atoms with Crippen LogP contribution in [0.2, 0.25) is 0 Å². The van der Waals surface area contributed by atoms with Gasteiger partial charge in [-0.3, -0.25) is 4.90 Å². The Kier molecular flexibility index (Phi) is 3.76. The van der Waals surface area contributed by atoms with Gasteiger partial charge in [0.2, 0.25) is 0 Å². The van der Waals surface area contributed by atoms with Gasteiger partial charge in [-0.2, -0.15) is 0 Å². The summed E-state index contributed by atoms with van der Waals surface area (Å²) < 4.78 is 0. The molecule has 0 radical (unpaired) electrons. The van der Waals surface area contributed by atoms with E-state index in [1.54, 1.807) is 0 Å². The third-order valence-electron chi connectivity index (χ3n) is 5.80. The lowest BCUT2D eigenvalue weighted by atomic mass is 9.79. The molecule has 2 aliphatic carbocycles. The van der Waals surface area contributed by atoms with Crippen LogP contribution >= 0.6 is 0 Å². The molecule has 0 bridgehead atoms. The Morgan fingerprint density at radius 3 is 2.52 bits per heavy atom. The van der Waals surface area contributed by atoms with Crippen LogP contribution in [0.1, 0.15) is 56.6 Å². The average Bonchev–Trinajstić information content (AvgIpc) is 3.33. The summed E-state index contributed by atoms with van der Waals surface area (Å²) in [5, 5.41) is 3.97. The fraction of sp³-hybridized carbons (Fsp3) is 0.684. The maximum absolute atomic E-state index is 3.97. The van der Waals surface area contributed by atoms with E-state index in [-0.39, 0.29) is 0 Å². The van der Waals surface area contributed by atoms with Crippen molar-refractivity contribution in [2.24, 2.45) is 5.92 Å². The van der Waals surface area contributed by atoms with Crippen LogP contribution in [-0.4, -0.2) is 30.1 Å². The van der Waals surface area contributed by atoms with Crippen LogP contribution in [0.4, 0.5) is 0 Å². The van der Waals surface area contributed by atoms with Gasteiger partial charge in [0.25, 0.3) is 0 Å². The lowest BCUT2D eigenvalue weighted by molar-refractivity contribution is 0.0518. The van der Waals surface area contributed by atoms with Crippen LogP contribution in [-0.2, 0) is 0 Å². The van der Waals surface area contributed by atoms with Gasteiger partial charge in [-0.05, 0) is 37.2 Å². The molecular formula is C19H28N2. The van der Waals surface area contributed by atoms with Gasteiger partial charge in [0.15, 0.2) is 0 Å². The quantitative estimate of drug-likeness (QED) is 0.909. The number of hydrogen-bond acceptors (Lipinski definition) is 2. The van der Waals surface area contributed by atoms with Crippen molar-refractivity contribution in [3.8, 4) is 0 Å². The molecular weight excluding hydrogens is 256 g/mol. The first-order valence-electron chi connectivity index (χ1n) is 8.89. The first-order valence-corrected chi connectivity index (χ1v) is 8.89. The number of nitrogens with zero attached hydrogens (tertiary/aromatic N) is 1. The van der Waals surface area contributed by atoms with Gasteiger partial charge >= 0.3 is 0 Å². The predicted octanol–water partition coefficient (Wildman–Crippen LogP) is 3.75. The topological polar surface area (TPSA) is 15.3 Å². The molecule has 2 saturated carbocycles. The number of rotatable bonds is 3. The Morgan fingerprint density at radius 1 is 1.05 bits per heavy atom. The van der Waals surface area contributed by atoms with Crippen molar-refractivity contribution < 1.29 is 0 Å². The van der Waals surface area contributed by atoms with Crippen molar-refractivity contribution in [2.75, 3.05) is 19.6 Å². The third kappa shape index (κ3) is 3.02. The second-order valence-electron chi connectivity index (χ2n) is 7.52.